The minimum Gasteiger partial charge on any atom is -0.465 e. The summed E-state index contributed by atoms with van der Waals surface area (Å²) in [6.07, 6.45) is 3.45. The molecule has 4 nitrogen and oxygen atoms in total. The Morgan fingerprint density at radius 2 is 1.89 bits per heavy atom. The Labute approximate surface area is 113 Å². The largest absolute Gasteiger partial charge is 0.465 e. The molecule has 0 saturated carbocycles. The van der Waals surface area contributed by atoms with Crippen molar-refractivity contribution in [2.75, 3.05) is 7.11 Å². The molecule has 0 spiro atoms. The van der Waals surface area contributed by atoms with Crippen molar-refractivity contribution < 1.29 is 17.9 Å². The van der Waals surface area contributed by atoms with Crippen LogP contribution in [0.25, 0.3) is 6.08 Å². The van der Waals surface area contributed by atoms with Crippen molar-refractivity contribution in [3.05, 3.63) is 34.9 Å². The smallest absolute Gasteiger partial charge is 0.338 e. The second-order valence-corrected chi connectivity index (χ2v) is 7.64. The molecule has 0 N–H and O–H groups in total. The van der Waals surface area contributed by atoms with E-state index in [-0.39, 0.29) is 10.5 Å². The summed E-state index contributed by atoms with van der Waals surface area (Å²) in [6.45, 7) is 5.03. The number of fused-ring (bicyclic) bond motifs is 1. The highest BCUT2D eigenvalue weighted by Gasteiger charge is 2.38. The molecule has 0 radical (unpaired) electrons. The molecule has 5 heteroatoms. The van der Waals surface area contributed by atoms with Crippen LogP contribution in [-0.2, 0) is 14.6 Å². The lowest BCUT2D eigenvalue weighted by molar-refractivity contribution is 0.0599. The predicted octanol–water partition coefficient (Wildman–Crippen LogP) is 2.36. The first-order chi connectivity index (χ1) is 8.70. The molecule has 0 amide bonds. The highest BCUT2D eigenvalue weighted by Crippen LogP contribution is 2.36. The molecule has 1 aliphatic heterocycles. The SMILES string of the molecule is COC(=O)c1cc2c(cc1C)C=CC(C)(C)S2(=O)=O. The molecule has 0 unspecified atom stereocenters. The lowest BCUT2D eigenvalue weighted by Gasteiger charge is -2.26. The van der Waals surface area contributed by atoms with Gasteiger partial charge in [0.15, 0.2) is 9.84 Å². The van der Waals surface area contributed by atoms with Gasteiger partial charge in [-0.25, -0.2) is 13.2 Å². The van der Waals surface area contributed by atoms with Gasteiger partial charge in [-0.3, -0.25) is 0 Å². The zero-order chi connectivity index (χ0) is 14.4. The van der Waals surface area contributed by atoms with Gasteiger partial charge in [-0.15, -0.1) is 0 Å². The molecule has 19 heavy (non-hydrogen) atoms. The van der Waals surface area contributed by atoms with Gasteiger partial charge in [0, 0.05) is 0 Å². The van der Waals surface area contributed by atoms with E-state index in [1.54, 1.807) is 39.0 Å². The Balaban J connectivity index is 2.76. The molecule has 0 saturated heterocycles. The Morgan fingerprint density at radius 1 is 1.26 bits per heavy atom. The van der Waals surface area contributed by atoms with Crippen LogP contribution < -0.4 is 0 Å². The molecule has 1 aromatic rings. The van der Waals surface area contributed by atoms with Crippen molar-refractivity contribution in [1.82, 2.24) is 0 Å². The summed E-state index contributed by atoms with van der Waals surface area (Å²) >= 11 is 0. The Kier molecular flexibility index (Phi) is 3.05. The van der Waals surface area contributed by atoms with E-state index in [0.717, 1.165) is 0 Å². The fourth-order valence-corrected chi connectivity index (χ4v) is 3.59. The van der Waals surface area contributed by atoms with Crippen LogP contribution in [-0.4, -0.2) is 26.2 Å². The van der Waals surface area contributed by atoms with Gasteiger partial charge in [-0.05, 0) is 44.0 Å². The lowest BCUT2D eigenvalue weighted by Crippen LogP contribution is -2.32. The fraction of sp³-hybridized carbons (Fsp3) is 0.357. The van der Waals surface area contributed by atoms with E-state index in [0.29, 0.717) is 11.1 Å². The van der Waals surface area contributed by atoms with Gasteiger partial charge in [-0.1, -0.05) is 12.2 Å². The van der Waals surface area contributed by atoms with Gasteiger partial charge in [0.05, 0.1) is 22.3 Å². The second-order valence-electron chi connectivity index (χ2n) is 5.14. The minimum absolute atomic E-state index is 0.186. The summed E-state index contributed by atoms with van der Waals surface area (Å²) < 4.78 is 28.7. The van der Waals surface area contributed by atoms with Crippen molar-refractivity contribution in [2.24, 2.45) is 0 Å². The Morgan fingerprint density at radius 3 is 2.47 bits per heavy atom. The van der Waals surface area contributed by atoms with Crippen molar-refractivity contribution in [3.63, 3.8) is 0 Å². The quantitative estimate of drug-likeness (QED) is 0.741. The maximum absolute atomic E-state index is 12.5. The van der Waals surface area contributed by atoms with Crippen molar-refractivity contribution in [1.29, 1.82) is 0 Å². The molecule has 102 valence electrons. The van der Waals surface area contributed by atoms with Crippen LogP contribution in [0.4, 0.5) is 0 Å². The lowest BCUT2D eigenvalue weighted by atomic mass is 10.0. The summed E-state index contributed by atoms with van der Waals surface area (Å²) in [5.74, 6) is -0.525. The van der Waals surface area contributed by atoms with Gasteiger partial charge in [-0.2, -0.15) is 0 Å². The number of methoxy groups -OCH3 is 1. The van der Waals surface area contributed by atoms with Crippen LogP contribution in [0.15, 0.2) is 23.1 Å². The Hall–Kier alpha value is -1.62. The topological polar surface area (TPSA) is 60.4 Å². The third-order valence-electron chi connectivity index (χ3n) is 3.41. The van der Waals surface area contributed by atoms with Gasteiger partial charge in [0.1, 0.15) is 0 Å². The first-order valence-electron chi connectivity index (χ1n) is 5.87. The predicted molar refractivity (Wildman–Crippen MR) is 72.8 cm³/mol. The van der Waals surface area contributed by atoms with Gasteiger partial charge in [0.25, 0.3) is 0 Å². The number of hydrogen-bond acceptors (Lipinski definition) is 4. The second kappa shape index (κ2) is 4.20. The summed E-state index contributed by atoms with van der Waals surface area (Å²) in [4.78, 5) is 11.8. The van der Waals surface area contributed by atoms with Crippen molar-refractivity contribution >= 4 is 21.9 Å². The number of carbonyl (C=O) groups is 1. The zero-order valence-corrected chi connectivity index (χ0v) is 12.2. The molecule has 0 fully saturated rings. The standard InChI is InChI=1S/C14H16O4S/c1-9-7-10-5-6-14(2,3)19(16,17)12(10)8-11(9)13(15)18-4/h5-8H,1-4H3. The van der Waals surface area contributed by atoms with E-state index >= 15 is 0 Å². The maximum atomic E-state index is 12.5. The molecule has 0 aromatic heterocycles. The van der Waals surface area contributed by atoms with E-state index in [1.165, 1.54) is 13.2 Å². The van der Waals surface area contributed by atoms with Crippen LogP contribution in [0.5, 0.6) is 0 Å². The van der Waals surface area contributed by atoms with Crippen LogP contribution in [0, 0.1) is 6.92 Å². The third kappa shape index (κ3) is 1.98. The van der Waals surface area contributed by atoms with Gasteiger partial charge < -0.3 is 4.74 Å². The van der Waals surface area contributed by atoms with Gasteiger partial charge >= 0.3 is 5.97 Å². The first kappa shape index (κ1) is 13.8. The average Bonchev–Trinajstić information content (AvgIpc) is 2.33. The number of benzene rings is 1. The van der Waals surface area contributed by atoms with Crippen LogP contribution in [0.2, 0.25) is 0 Å². The van der Waals surface area contributed by atoms with Crippen molar-refractivity contribution in [3.8, 4) is 0 Å². The number of aryl methyl sites for hydroxylation is 1. The number of carbonyl (C=O) groups excluding carboxylic acids is 1. The molecule has 1 heterocycles. The molecule has 1 aliphatic rings. The van der Waals surface area contributed by atoms with E-state index < -0.39 is 20.6 Å². The molecular formula is C14H16O4S. The van der Waals surface area contributed by atoms with Crippen LogP contribution in [0.1, 0.15) is 35.3 Å². The number of rotatable bonds is 1. The number of ether oxygens (including phenoxy) is 1. The molecule has 1 aromatic carbocycles. The number of hydrogen-bond donors (Lipinski definition) is 0. The van der Waals surface area contributed by atoms with E-state index in [9.17, 15) is 13.2 Å². The molecule has 2 rings (SSSR count). The molecule has 0 aliphatic carbocycles. The third-order valence-corrected chi connectivity index (χ3v) is 5.86. The highest BCUT2D eigenvalue weighted by molar-refractivity contribution is 7.93. The summed E-state index contributed by atoms with van der Waals surface area (Å²) in [6, 6.07) is 3.11. The number of esters is 1. The summed E-state index contributed by atoms with van der Waals surface area (Å²) in [5, 5.41) is 0. The first-order valence-corrected chi connectivity index (χ1v) is 7.36. The Bertz CT molecular complexity index is 682. The number of sulfone groups is 1. The molecule has 0 bridgehead atoms. The normalized spacial score (nSPS) is 18.7. The molecule has 0 atom stereocenters. The van der Waals surface area contributed by atoms with Crippen LogP contribution >= 0.6 is 0 Å². The van der Waals surface area contributed by atoms with Gasteiger partial charge in [0.2, 0.25) is 0 Å². The highest BCUT2D eigenvalue weighted by atomic mass is 32.2. The average molecular weight is 280 g/mol. The fourth-order valence-electron chi connectivity index (χ4n) is 2.07. The monoisotopic (exact) mass is 280 g/mol. The van der Waals surface area contributed by atoms with Crippen molar-refractivity contribution in [2.45, 2.75) is 30.4 Å². The van der Waals surface area contributed by atoms with E-state index in [4.69, 9.17) is 0 Å². The summed E-state index contributed by atoms with van der Waals surface area (Å²) in [7, 11) is -2.22. The molecular weight excluding hydrogens is 264 g/mol. The zero-order valence-electron chi connectivity index (χ0n) is 11.4. The van der Waals surface area contributed by atoms with Crippen LogP contribution in [0.3, 0.4) is 0 Å². The van der Waals surface area contributed by atoms with E-state index in [2.05, 4.69) is 4.74 Å². The maximum Gasteiger partial charge on any atom is 0.338 e. The minimum atomic E-state index is -3.50. The summed E-state index contributed by atoms with van der Waals surface area (Å²) in [5.41, 5.74) is 1.60. The van der Waals surface area contributed by atoms with E-state index in [1.807, 2.05) is 0 Å².